The van der Waals surface area contributed by atoms with Crippen LogP contribution >= 0.6 is 0 Å². The van der Waals surface area contributed by atoms with Crippen LogP contribution in [-0.4, -0.2) is 45.1 Å². The van der Waals surface area contributed by atoms with E-state index in [4.69, 9.17) is 10.5 Å². The van der Waals surface area contributed by atoms with Gasteiger partial charge >= 0.3 is 0 Å². The van der Waals surface area contributed by atoms with Gasteiger partial charge in [0.2, 0.25) is 0 Å². The third-order valence-corrected chi connectivity index (χ3v) is 4.26. The van der Waals surface area contributed by atoms with Gasteiger partial charge < -0.3 is 20.8 Å². The van der Waals surface area contributed by atoms with Crippen LogP contribution in [0.25, 0.3) is 22.3 Å². The number of pyridine rings is 1. The average Bonchev–Trinajstić information content (AvgIpc) is 3.06. The number of carbonyl (C=O) groups is 1. The number of nitrogens with zero attached hydrogens (tertiary/aromatic N) is 3. The van der Waals surface area contributed by atoms with Crippen molar-refractivity contribution in [3.63, 3.8) is 0 Å². The minimum Gasteiger partial charge on any atom is -0.381 e. The fourth-order valence-corrected chi connectivity index (χ4v) is 2.98. The van der Waals surface area contributed by atoms with Crippen LogP contribution in [0.2, 0.25) is 0 Å². The SMILES string of the molecule is NC(=O)c1ncc(NC2CCOCC2)nc1-c1cc2cnccc2[nH]1. The summed E-state index contributed by atoms with van der Waals surface area (Å²) in [6, 6.07) is 4.03. The smallest absolute Gasteiger partial charge is 0.269 e. The number of nitrogens with one attached hydrogen (secondary N) is 2. The summed E-state index contributed by atoms with van der Waals surface area (Å²) in [5.74, 6) is 0.000536. The summed E-state index contributed by atoms with van der Waals surface area (Å²) in [5.41, 5.74) is 7.63. The second-order valence-electron chi connectivity index (χ2n) is 5.99. The molecular formula is C17H18N6O2. The van der Waals surface area contributed by atoms with E-state index in [1.165, 1.54) is 0 Å². The van der Waals surface area contributed by atoms with Crippen LogP contribution in [0.5, 0.6) is 0 Å². The molecule has 0 atom stereocenters. The fourth-order valence-electron chi connectivity index (χ4n) is 2.98. The Morgan fingerprint density at radius 3 is 2.92 bits per heavy atom. The molecule has 1 amide bonds. The number of aromatic nitrogens is 4. The summed E-state index contributed by atoms with van der Waals surface area (Å²) >= 11 is 0. The zero-order valence-electron chi connectivity index (χ0n) is 13.5. The Kier molecular flexibility index (Phi) is 4.02. The van der Waals surface area contributed by atoms with Gasteiger partial charge in [-0.15, -0.1) is 0 Å². The normalized spacial score (nSPS) is 15.4. The van der Waals surface area contributed by atoms with Crippen LogP contribution in [0.4, 0.5) is 5.82 Å². The van der Waals surface area contributed by atoms with Gasteiger partial charge in [0.25, 0.3) is 5.91 Å². The summed E-state index contributed by atoms with van der Waals surface area (Å²) < 4.78 is 5.37. The number of hydrogen-bond acceptors (Lipinski definition) is 6. The van der Waals surface area contributed by atoms with E-state index >= 15 is 0 Å². The van der Waals surface area contributed by atoms with Gasteiger partial charge in [-0.2, -0.15) is 0 Å². The van der Waals surface area contributed by atoms with Crippen LogP contribution in [0, 0.1) is 0 Å². The van der Waals surface area contributed by atoms with Crippen LogP contribution in [-0.2, 0) is 4.74 Å². The first-order valence-corrected chi connectivity index (χ1v) is 8.15. The molecule has 1 saturated heterocycles. The summed E-state index contributed by atoms with van der Waals surface area (Å²) in [6.07, 6.45) is 6.81. The van der Waals surface area contributed by atoms with E-state index in [1.54, 1.807) is 18.6 Å². The number of fused-ring (bicyclic) bond motifs is 1. The lowest BCUT2D eigenvalue weighted by Crippen LogP contribution is -2.28. The average molecular weight is 338 g/mol. The molecule has 1 aliphatic rings. The van der Waals surface area contributed by atoms with Crippen molar-refractivity contribution in [2.75, 3.05) is 18.5 Å². The maximum absolute atomic E-state index is 11.8. The Balaban J connectivity index is 1.72. The first-order valence-electron chi connectivity index (χ1n) is 8.15. The number of primary amides is 1. The Morgan fingerprint density at radius 1 is 1.32 bits per heavy atom. The molecule has 0 spiro atoms. The van der Waals surface area contributed by atoms with E-state index < -0.39 is 5.91 Å². The molecule has 0 bridgehead atoms. The molecule has 3 aromatic heterocycles. The van der Waals surface area contributed by atoms with E-state index in [2.05, 4.69) is 25.3 Å². The second kappa shape index (κ2) is 6.48. The maximum atomic E-state index is 11.8. The molecule has 0 radical (unpaired) electrons. The van der Waals surface area contributed by atoms with Gasteiger partial charge in [0.15, 0.2) is 5.69 Å². The number of anilines is 1. The fraction of sp³-hybridized carbons (Fsp3) is 0.294. The van der Waals surface area contributed by atoms with Gasteiger partial charge in [-0.05, 0) is 25.0 Å². The minimum atomic E-state index is -0.614. The van der Waals surface area contributed by atoms with E-state index in [9.17, 15) is 4.79 Å². The third-order valence-electron chi connectivity index (χ3n) is 4.26. The number of H-pyrrole nitrogens is 1. The summed E-state index contributed by atoms with van der Waals surface area (Å²) in [6.45, 7) is 1.46. The van der Waals surface area contributed by atoms with Crippen LogP contribution < -0.4 is 11.1 Å². The lowest BCUT2D eigenvalue weighted by molar-refractivity contribution is 0.0904. The van der Waals surface area contributed by atoms with Crippen LogP contribution in [0.1, 0.15) is 23.3 Å². The molecule has 0 saturated carbocycles. The largest absolute Gasteiger partial charge is 0.381 e. The predicted molar refractivity (Wildman–Crippen MR) is 93.1 cm³/mol. The highest BCUT2D eigenvalue weighted by molar-refractivity contribution is 5.98. The quantitative estimate of drug-likeness (QED) is 0.666. The summed E-state index contributed by atoms with van der Waals surface area (Å²) in [5, 5.41) is 4.29. The van der Waals surface area contributed by atoms with Gasteiger partial charge in [-0.25, -0.2) is 9.97 Å². The topological polar surface area (TPSA) is 119 Å². The van der Waals surface area contributed by atoms with Crippen molar-refractivity contribution in [2.45, 2.75) is 18.9 Å². The van der Waals surface area contributed by atoms with Gasteiger partial charge in [0, 0.05) is 42.6 Å². The lowest BCUT2D eigenvalue weighted by Gasteiger charge is -2.23. The highest BCUT2D eigenvalue weighted by atomic mass is 16.5. The number of aromatic amines is 1. The zero-order valence-corrected chi connectivity index (χ0v) is 13.5. The van der Waals surface area contributed by atoms with Crippen molar-refractivity contribution in [3.05, 3.63) is 36.4 Å². The molecule has 1 aliphatic heterocycles. The molecule has 128 valence electrons. The van der Waals surface area contributed by atoms with Gasteiger partial charge in [-0.1, -0.05) is 0 Å². The standard InChI is InChI=1S/C17H18N6O2/c18-17(24)16-15(13-7-10-8-19-4-1-12(10)22-13)23-14(9-20-16)21-11-2-5-25-6-3-11/h1,4,7-9,11,22H,2-3,5-6H2,(H2,18,24)(H,21,23). The second-order valence-corrected chi connectivity index (χ2v) is 5.99. The van der Waals surface area contributed by atoms with Gasteiger partial charge in [-0.3, -0.25) is 9.78 Å². The molecule has 3 aromatic rings. The first-order chi connectivity index (χ1) is 12.2. The number of ether oxygens (including phenoxy) is 1. The molecule has 25 heavy (non-hydrogen) atoms. The van der Waals surface area contributed by atoms with Gasteiger partial charge in [0.1, 0.15) is 11.5 Å². The molecule has 8 heteroatoms. The number of rotatable bonds is 4. The molecular weight excluding hydrogens is 320 g/mol. The molecule has 4 N–H and O–H groups in total. The predicted octanol–water partition coefficient (Wildman–Crippen LogP) is 1.71. The Labute approximate surface area is 143 Å². The Bertz CT molecular complexity index is 883. The maximum Gasteiger partial charge on any atom is 0.269 e. The summed E-state index contributed by atoms with van der Waals surface area (Å²) in [7, 11) is 0. The minimum absolute atomic E-state index is 0.136. The van der Waals surface area contributed by atoms with Gasteiger partial charge in [0.05, 0.1) is 11.9 Å². The number of carbonyl (C=O) groups excluding carboxylic acids is 1. The summed E-state index contributed by atoms with van der Waals surface area (Å²) in [4.78, 5) is 27.9. The number of nitrogens with two attached hydrogens (primary N) is 1. The van der Waals surface area contributed by atoms with Crippen LogP contribution in [0.3, 0.4) is 0 Å². The highest BCUT2D eigenvalue weighted by Crippen LogP contribution is 2.25. The van der Waals surface area contributed by atoms with Crippen molar-refractivity contribution in [1.82, 2.24) is 19.9 Å². The molecule has 1 fully saturated rings. The number of amides is 1. The van der Waals surface area contributed by atoms with E-state index in [-0.39, 0.29) is 11.7 Å². The molecule has 4 rings (SSSR count). The zero-order chi connectivity index (χ0) is 17.2. The van der Waals surface area contributed by atoms with Crippen molar-refractivity contribution >= 4 is 22.6 Å². The first kappa shape index (κ1) is 15.5. The van der Waals surface area contributed by atoms with Crippen LogP contribution in [0.15, 0.2) is 30.7 Å². The monoisotopic (exact) mass is 338 g/mol. The van der Waals surface area contributed by atoms with E-state index in [1.807, 2.05) is 12.1 Å². The number of hydrogen-bond donors (Lipinski definition) is 3. The van der Waals surface area contributed by atoms with E-state index in [0.717, 1.165) is 37.0 Å². The highest BCUT2D eigenvalue weighted by Gasteiger charge is 2.19. The van der Waals surface area contributed by atoms with Crippen molar-refractivity contribution in [3.8, 4) is 11.4 Å². The molecule has 8 nitrogen and oxygen atoms in total. The third kappa shape index (κ3) is 3.16. The molecule has 0 unspecified atom stereocenters. The molecule has 0 aromatic carbocycles. The Morgan fingerprint density at radius 2 is 2.16 bits per heavy atom. The lowest BCUT2D eigenvalue weighted by atomic mass is 10.1. The van der Waals surface area contributed by atoms with Crippen molar-refractivity contribution in [1.29, 1.82) is 0 Å². The van der Waals surface area contributed by atoms with Crippen molar-refractivity contribution in [2.24, 2.45) is 5.73 Å². The molecule has 4 heterocycles. The Hall–Kier alpha value is -3.00. The van der Waals surface area contributed by atoms with E-state index in [0.29, 0.717) is 17.2 Å². The molecule has 0 aliphatic carbocycles. The van der Waals surface area contributed by atoms with Crippen molar-refractivity contribution < 1.29 is 9.53 Å².